The Kier molecular flexibility index (Phi) is 4.88. The number of amides is 1. The Morgan fingerprint density at radius 1 is 1.25 bits per heavy atom. The molecule has 1 fully saturated rings. The van der Waals surface area contributed by atoms with E-state index in [0.29, 0.717) is 18.0 Å². The fourth-order valence-corrected chi connectivity index (χ4v) is 3.11. The van der Waals surface area contributed by atoms with E-state index >= 15 is 0 Å². The van der Waals surface area contributed by atoms with Gasteiger partial charge in [0, 0.05) is 11.6 Å². The molecule has 3 nitrogen and oxygen atoms in total. The molecule has 5 heteroatoms. The zero-order valence-electron chi connectivity index (χ0n) is 13.1. The summed E-state index contributed by atoms with van der Waals surface area (Å²) in [6, 6.07) is 13.2. The van der Waals surface area contributed by atoms with Crippen LogP contribution >= 0.6 is 11.6 Å². The predicted octanol–water partition coefficient (Wildman–Crippen LogP) is 3.75. The molecule has 2 aromatic carbocycles. The summed E-state index contributed by atoms with van der Waals surface area (Å²) >= 11 is 5.91. The lowest BCUT2D eigenvalue weighted by Crippen LogP contribution is -2.35. The van der Waals surface area contributed by atoms with Crippen molar-refractivity contribution in [2.45, 2.75) is 30.8 Å². The minimum Gasteiger partial charge on any atom is -0.388 e. The lowest BCUT2D eigenvalue weighted by atomic mass is 9.95. The van der Waals surface area contributed by atoms with Gasteiger partial charge in [0.1, 0.15) is 5.82 Å². The molecule has 1 aliphatic rings. The molecule has 2 aromatic rings. The molecule has 0 radical (unpaired) electrons. The van der Waals surface area contributed by atoms with E-state index in [1.807, 2.05) is 0 Å². The average molecular weight is 348 g/mol. The standard InChI is InChI=1S/C19H19ClFNO2/c20-15-3-1-2-13(12-15)17(23)8-11-22-18(24)19(9-10-19)14-4-6-16(21)7-5-14/h1-7,12,17,23H,8-11H2,(H,22,24)/t17-/m1/s1. The van der Waals surface area contributed by atoms with Crippen LogP contribution in [0, 0.1) is 5.82 Å². The fourth-order valence-electron chi connectivity index (χ4n) is 2.91. The number of nitrogens with one attached hydrogen (secondary N) is 1. The summed E-state index contributed by atoms with van der Waals surface area (Å²) in [7, 11) is 0. The van der Waals surface area contributed by atoms with E-state index in [1.165, 1.54) is 12.1 Å². The number of benzene rings is 2. The molecule has 0 bridgehead atoms. The molecular formula is C19H19ClFNO2. The van der Waals surface area contributed by atoms with Crippen molar-refractivity contribution in [1.82, 2.24) is 5.32 Å². The monoisotopic (exact) mass is 347 g/mol. The maximum atomic E-state index is 13.0. The summed E-state index contributed by atoms with van der Waals surface area (Å²) in [4.78, 5) is 12.5. The molecule has 126 valence electrons. The van der Waals surface area contributed by atoms with Gasteiger partial charge < -0.3 is 10.4 Å². The minimum absolute atomic E-state index is 0.0626. The van der Waals surface area contributed by atoms with Gasteiger partial charge in [-0.05, 0) is 54.7 Å². The van der Waals surface area contributed by atoms with Crippen molar-refractivity contribution in [3.8, 4) is 0 Å². The van der Waals surface area contributed by atoms with Crippen molar-refractivity contribution < 1.29 is 14.3 Å². The number of carbonyl (C=O) groups is 1. The molecule has 0 spiro atoms. The number of halogens is 2. The van der Waals surface area contributed by atoms with Crippen LogP contribution in [0.25, 0.3) is 0 Å². The quantitative estimate of drug-likeness (QED) is 0.836. The number of rotatable bonds is 6. The molecule has 24 heavy (non-hydrogen) atoms. The Hall–Kier alpha value is -1.91. The molecule has 3 rings (SSSR count). The zero-order valence-corrected chi connectivity index (χ0v) is 13.9. The summed E-state index contributed by atoms with van der Waals surface area (Å²) in [5, 5.41) is 13.6. The molecule has 1 aliphatic carbocycles. The Balaban J connectivity index is 1.55. The Morgan fingerprint density at radius 3 is 2.58 bits per heavy atom. The lowest BCUT2D eigenvalue weighted by molar-refractivity contribution is -0.123. The molecule has 1 atom stereocenters. The summed E-state index contributed by atoms with van der Waals surface area (Å²) in [5.41, 5.74) is 1.04. The van der Waals surface area contributed by atoms with Gasteiger partial charge in [0.05, 0.1) is 11.5 Å². The molecule has 2 N–H and O–H groups in total. The van der Waals surface area contributed by atoms with Gasteiger partial charge in [0.15, 0.2) is 0 Å². The maximum absolute atomic E-state index is 13.0. The summed E-state index contributed by atoms with van der Waals surface area (Å²) in [5.74, 6) is -0.369. The molecule has 0 aromatic heterocycles. The van der Waals surface area contributed by atoms with Crippen LogP contribution in [0.1, 0.15) is 36.5 Å². The van der Waals surface area contributed by atoms with Crippen molar-refractivity contribution in [3.05, 3.63) is 70.5 Å². The molecule has 0 saturated heterocycles. The minimum atomic E-state index is -0.676. The number of aliphatic hydroxyl groups excluding tert-OH is 1. The lowest BCUT2D eigenvalue weighted by Gasteiger charge is -2.17. The van der Waals surface area contributed by atoms with Crippen LogP contribution in [0.2, 0.25) is 5.02 Å². The second-order valence-corrected chi connectivity index (χ2v) is 6.64. The summed E-state index contributed by atoms with van der Waals surface area (Å²) in [6.45, 7) is 0.370. The van der Waals surface area contributed by atoms with Gasteiger partial charge in [-0.1, -0.05) is 35.9 Å². The third kappa shape index (κ3) is 3.60. The Labute approximate surface area is 145 Å². The van der Waals surface area contributed by atoms with Crippen LogP contribution in [0.5, 0.6) is 0 Å². The third-order valence-corrected chi connectivity index (χ3v) is 4.75. The van der Waals surface area contributed by atoms with Gasteiger partial charge in [-0.15, -0.1) is 0 Å². The second kappa shape index (κ2) is 6.91. The van der Waals surface area contributed by atoms with E-state index in [2.05, 4.69) is 5.32 Å². The van der Waals surface area contributed by atoms with E-state index in [4.69, 9.17) is 11.6 Å². The van der Waals surface area contributed by atoms with Gasteiger partial charge >= 0.3 is 0 Å². The fraction of sp³-hybridized carbons (Fsp3) is 0.316. The van der Waals surface area contributed by atoms with E-state index in [1.54, 1.807) is 36.4 Å². The molecule has 0 unspecified atom stereocenters. The molecule has 1 amide bonds. The molecule has 1 saturated carbocycles. The van der Waals surface area contributed by atoms with Crippen molar-refractivity contribution in [2.75, 3.05) is 6.54 Å². The van der Waals surface area contributed by atoms with E-state index in [0.717, 1.165) is 24.0 Å². The molecular weight excluding hydrogens is 329 g/mol. The van der Waals surface area contributed by atoms with Crippen LogP contribution in [0.4, 0.5) is 4.39 Å². The number of hydrogen-bond donors (Lipinski definition) is 2. The Morgan fingerprint density at radius 2 is 1.96 bits per heavy atom. The highest BCUT2D eigenvalue weighted by molar-refractivity contribution is 6.30. The maximum Gasteiger partial charge on any atom is 0.230 e. The highest BCUT2D eigenvalue weighted by atomic mass is 35.5. The van der Waals surface area contributed by atoms with Gasteiger partial charge in [0.25, 0.3) is 0 Å². The molecule has 0 heterocycles. The van der Waals surface area contributed by atoms with Crippen molar-refractivity contribution in [2.24, 2.45) is 0 Å². The van der Waals surface area contributed by atoms with Gasteiger partial charge in [-0.2, -0.15) is 0 Å². The summed E-state index contributed by atoms with van der Waals surface area (Å²) < 4.78 is 13.0. The summed E-state index contributed by atoms with van der Waals surface area (Å²) in [6.07, 6.45) is 1.26. The van der Waals surface area contributed by atoms with Crippen LogP contribution in [-0.2, 0) is 10.2 Å². The first-order valence-corrected chi connectivity index (χ1v) is 8.37. The third-order valence-electron chi connectivity index (χ3n) is 4.52. The van der Waals surface area contributed by atoms with Gasteiger partial charge in [-0.25, -0.2) is 4.39 Å². The first-order chi connectivity index (χ1) is 11.5. The largest absolute Gasteiger partial charge is 0.388 e. The van der Waals surface area contributed by atoms with Gasteiger partial charge in [-0.3, -0.25) is 4.79 Å². The van der Waals surface area contributed by atoms with Crippen LogP contribution in [-0.4, -0.2) is 17.6 Å². The second-order valence-electron chi connectivity index (χ2n) is 6.20. The van der Waals surface area contributed by atoms with Gasteiger partial charge in [0.2, 0.25) is 5.91 Å². The average Bonchev–Trinajstić information content (AvgIpc) is 3.37. The molecule has 0 aliphatic heterocycles. The first kappa shape index (κ1) is 16.9. The van der Waals surface area contributed by atoms with E-state index < -0.39 is 11.5 Å². The van der Waals surface area contributed by atoms with E-state index in [-0.39, 0.29) is 11.7 Å². The first-order valence-electron chi connectivity index (χ1n) is 7.99. The number of hydrogen-bond acceptors (Lipinski definition) is 2. The topological polar surface area (TPSA) is 49.3 Å². The van der Waals surface area contributed by atoms with Crippen molar-refractivity contribution >= 4 is 17.5 Å². The zero-order chi connectivity index (χ0) is 17.2. The van der Waals surface area contributed by atoms with Crippen molar-refractivity contribution in [1.29, 1.82) is 0 Å². The number of aliphatic hydroxyl groups is 1. The van der Waals surface area contributed by atoms with Crippen molar-refractivity contribution in [3.63, 3.8) is 0 Å². The highest BCUT2D eigenvalue weighted by Gasteiger charge is 2.51. The van der Waals surface area contributed by atoms with Crippen LogP contribution in [0.15, 0.2) is 48.5 Å². The smallest absolute Gasteiger partial charge is 0.230 e. The Bertz CT molecular complexity index is 728. The van der Waals surface area contributed by atoms with E-state index in [9.17, 15) is 14.3 Å². The SMILES string of the molecule is O=C(NCC[C@@H](O)c1cccc(Cl)c1)C1(c2ccc(F)cc2)CC1. The van der Waals surface area contributed by atoms with Crippen LogP contribution < -0.4 is 5.32 Å². The van der Waals surface area contributed by atoms with Crippen LogP contribution in [0.3, 0.4) is 0 Å². The normalized spacial score (nSPS) is 16.5. The highest BCUT2D eigenvalue weighted by Crippen LogP contribution is 2.48. The number of carbonyl (C=O) groups excluding carboxylic acids is 1. The predicted molar refractivity (Wildman–Crippen MR) is 91.4 cm³/mol.